The molecule has 0 atom stereocenters. The highest BCUT2D eigenvalue weighted by molar-refractivity contribution is 5.93. The Morgan fingerprint density at radius 2 is 2.17 bits per heavy atom. The number of hydrogen-bond donors (Lipinski definition) is 2. The summed E-state index contributed by atoms with van der Waals surface area (Å²) in [5.74, 6) is 0.854. The van der Waals surface area contributed by atoms with E-state index in [-0.39, 0.29) is 11.8 Å². The van der Waals surface area contributed by atoms with E-state index >= 15 is 0 Å². The zero-order chi connectivity index (χ0) is 15.6. The fraction of sp³-hybridized carbons (Fsp3) is 0.235. The maximum atomic E-state index is 11.7. The molecule has 1 fully saturated rings. The van der Waals surface area contributed by atoms with Crippen LogP contribution in [0, 0.1) is 5.92 Å². The third kappa shape index (κ3) is 3.15. The van der Waals surface area contributed by atoms with E-state index in [0.29, 0.717) is 12.4 Å². The van der Waals surface area contributed by atoms with Crippen LogP contribution in [0.15, 0.2) is 48.9 Å². The van der Waals surface area contributed by atoms with Crippen LogP contribution in [0.25, 0.3) is 5.65 Å². The molecule has 6 heteroatoms. The minimum absolute atomic E-state index is 0.0721. The molecule has 116 valence electrons. The summed E-state index contributed by atoms with van der Waals surface area (Å²) in [6, 6.07) is 9.64. The van der Waals surface area contributed by atoms with Crippen molar-refractivity contribution in [2.75, 3.05) is 10.6 Å². The van der Waals surface area contributed by atoms with Crippen LogP contribution in [0.3, 0.4) is 0 Å². The predicted octanol–water partition coefficient (Wildman–Crippen LogP) is 2.69. The van der Waals surface area contributed by atoms with Gasteiger partial charge in [0.2, 0.25) is 5.91 Å². The molecule has 0 aliphatic heterocycles. The Morgan fingerprint density at radius 1 is 1.26 bits per heavy atom. The molecule has 0 spiro atoms. The van der Waals surface area contributed by atoms with Crippen molar-refractivity contribution >= 4 is 23.1 Å². The highest BCUT2D eigenvalue weighted by Crippen LogP contribution is 2.29. The number of nitrogens with zero attached hydrogens (tertiary/aromatic N) is 3. The van der Waals surface area contributed by atoms with Crippen LogP contribution in [0.4, 0.5) is 11.5 Å². The number of nitrogens with one attached hydrogen (secondary N) is 2. The molecule has 23 heavy (non-hydrogen) atoms. The van der Waals surface area contributed by atoms with Crippen molar-refractivity contribution in [1.29, 1.82) is 0 Å². The van der Waals surface area contributed by atoms with Gasteiger partial charge in [-0.05, 0) is 37.1 Å². The van der Waals surface area contributed by atoms with Crippen LogP contribution < -0.4 is 10.6 Å². The van der Waals surface area contributed by atoms with Crippen molar-refractivity contribution < 1.29 is 4.79 Å². The second-order valence-electron chi connectivity index (χ2n) is 5.75. The van der Waals surface area contributed by atoms with Crippen LogP contribution in [0.5, 0.6) is 0 Å². The van der Waals surface area contributed by atoms with Crippen molar-refractivity contribution in [1.82, 2.24) is 14.4 Å². The van der Waals surface area contributed by atoms with Gasteiger partial charge in [-0.25, -0.2) is 9.97 Å². The van der Waals surface area contributed by atoms with Gasteiger partial charge in [-0.3, -0.25) is 4.79 Å². The number of amides is 1. The van der Waals surface area contributed by atoms with Crippen molar-refractivity contribution in [2.24, 2.45) is 5.92 Å². The molecule has 3 heterocycles. The molecule has 1 aliphatic carbocycles. The Hall–Kier alpha value is -2.89. The van der Waals surface area contributed by atoms with E-state index in [0.717, 1.165) is 29.9 Å². The fourth-order valence-corrected chi connectivity index (χ4v) is 2.41. The number of rotatable bonds is 5. The Balaban J connectivity index is 1.37. The molecule has 3 aromatic heterocycles. The molecule has 0 radical (unpaired) electrons. The lowest BCUT2D eigenvalue weighted by Gasteiger charge is -2.06. The zero-order valence-electron chi connectivity index (χ0n) is 12.6. The number of carbonyl (C=O) groups is 1. The number of hydrogen-bond acceptors (Lipinski definition) is 4. The van der Waals surface area contributed by atoms with Gasteiger partial charge in [-0.2, -0.15) is 0 Å². The van der Waals surface area contributed by atoms with Crippen LogP contribution in [0.1, 0.15) is 18.5 Å². The molecule has 2 N–H and O–H groups in total. The summed E-state index contributed by atoms with van der Waals surface area (Å²) in [4.78, 5) is 20.5. The standard InChI is InChI=1S/C17H17N5O/c23-17(12-4-5-12)21-15-7-6-13(9-19-15)18-10-14-11-22-8-2-1-3-16(22)20-14/h1-3,6-9,11-12,18H,4-5,10H2,(H,19,21,23). The highest BCUT2D eigenvalue weighted by atomic mass is 16.2. The van der Waals surface area contributed by atoms with E-state index < -0.39 is 0 Å². The SMILES string of the molecule is O=C(Nc1ccc(NCc2cn3ccccc3n2)cn1)C1CC1. The summed E-state index contributed by atoms with van der Waals surface area (Å²) >= 11 is 0. The first-order valence-corrected chi connectivity index (χ1v) is 7.71. The molecule has 4 rings (SSSR count). The van der Waals surface area contributed by atoms with Crippen LogP contribution in [-0.4, -0.2) is 20.3 Å². The Kier molecular flexibility index (Phi) is 3.42. The normalized spacial score (nSPS) is 13.9. The maximum absolute atomic E-state index is 11.7. The molecule has 1 aliphatic rings. The quantitative estimate of drug-likeness (QED) is 0.760. The average molecular weight is 307 g/mol. The second-order valence-corrected chi connectivity index (χ2v) is 5.75. The van der Waals surface area contributed by atoms with Gasteiger partial charge in [0.1, 0.15) is 11.5 Å². The van der Waals surface area contributed by atoms with E-state index in [9.17, 15) is 4.79 Å². The van der Waals surface area contributed by atoms with Crippen molar-refractivity contribution in [3.05, 3.63) is 54.6 Å². The maximum Gasteiger partial charge on any atom is 0.228 e. The molecule has 0 bridgehead atoms. The highest BCUT2D eigenvalue weighted by Gasteiger charge is 2.29. The first-order valence-electron chi connectivity index (χ1n) is 7.71. The molecule has 0 saturated heterocycles. The summed E-state index contributed by atoms with van der Waals surface area (Å²) < 4.78 is 1.99. The van der Waals surface area contributed by atoms with Crippen molar-refractivity contribution in [3.8, 4) is 0 Å². The van der Waals surface area contributed by atoms with Crippen molar-refractivity contribution in [3.63, 3.8) is 0 Å². The lowest BCUT2D eigenvalue weighted by atomic mass is 10.3. The van der Waals surface area contributed by atoms with Crippen LogP contribution >= 0.6 is 0 Å². The van der Waals surface area contributed by atoms with E-state index in [2.05, 4.69) is 20.6 Å². The third-order valence-corrected chi connectivity index (χ3v) is 3.85. The second kappa shape index (κ2) is 5.72. The first-order chi connectivity index (χ1) is 11.3. The fourth-order valence-electron chi connectivity index (χ4n) is 2.41. The topological polar surface area (TPSA) is 71.3 Å². The Labute approximate surface area is 133 Å². The molecular weight excluding hydrogens is 290 g/mol. The van der Waals surface area contributed by atoms with Gasteiger partial charge in [0, 0.05) is 18.3 Å². The number of imidazole rings is 1. The molecule has 1 saturated carbocycles. The third-order valence-electron chi connectivity index (χ3n) is 3.85. The molecule has 3 aromatic rings. The minimum Gasteiger partial charge on any atom is -0.378 e. The van der Waals surface area contributed by atoms with Gasteiger partial charge in [0.15, 0.2) is 0 Å². The number of anilines is 2. The molecule has 6 nitrogen and oxygen atoms in total. The van der Waals surface area contributed by atoms with E-state index in [1.165, 1.54) is 0 Å². The zero-order valence-corrected chi connectivity index (χ0v) is 12.6. The molecular formula is C17H17N5O. The lowest BCUT2D eigenvalue weighted by Crippen LogP contribution is -2.14. The Bertz CT molecular complexity index is 803. The van der Waals surface area contributed by atoms with Gasteiger partial charge in [0.25, 0.3) is 0 Å². The lowest BCUT2D eigenvalue weighted by molar-refractivity contribution is -0.117. The number of fused-ring (bicyclic) bond motifs is 1. The number of carbonyl (C=O) groups excluding carboxylic acids is 1. The summed E-state index contributed by atoms with van der Waals surface area (Å²) in [7, 11) is 0. The molecule has 1 amide bonds. The van der Waals surface area contributed by atoms with Gasteiger partial charge >= 0.3 is 0 Å². The predicted molar refractivity (Wildman–Crippen MR) is 88.1 cm³/mol. The summed E-state index contributed by atoms with van der Waals surface area (Å²) in [5.41, 5.74) is 2.79. The van der Waals surface area contributed by atoms with Gasteiger partial charge in [0.05, 0.1) is 24.1 Å². The molecule has 0 unspecified atom stereocenters. The average Bonchev–Trinajstić information content (AvgIpc) is 3.34. The van der Waals surface area contributed by atoms with Gasteiger partial charge < -0.3 is 15.0 Å². The van der Waals surface area contributed by atoms with E-state index in [1.807, 2.05) is 47.1 Å². The van der Waals surface area contributed by atoms with Crippen LogP contribution in [-0.2, 0) is 11.3 Å². The monoisotopic (exact) mass is 307 g/mol. The van der Waals surface area contributed by atoms with Crippen molar-refractivity contribution in [2.45, 2.75) is 19.4 Å². The smallest absolute Gasteiger partial charge is 0.228 e. The summed E-state index contributed by atoms with van der Waals surface area (Å²) in [6.07, 6.45) is 7.68. The Morgan fingerprint density at radius 3 is 2.91 bits per heavy atom. The summed E-state index contributed by atoms with van der Waals surface area (Å²) in [6.45, 7) is 0.622. The van der Waals surface area contributed by atoms with Gasteiger partial charge in [-0.15, -0.1) is 0 Å². The minimum atomic E-state index is 0.0721. The summed E-state index contributed by atoms with van der Waals surface area (Å²) in [5, 5.41) is 6.12. The van der Waals surface area contributed by atoms with Gasteiger partial charge in [-0.1, -0.05) is 6.07 Å². The largest absolute Gasteiger partial charge is 0.378 e. The van der Waals surface area contributed by atoms with E-state index in [4.69, 9.17) is 0 Å². The molecule has 0 aromatic carbocycles. The van der Waals surface area contributed by atoms with Crippen LogP contribution in [0.2, 0.25) is 0 Å². The first kappa shape index (κ1) is 13.8. The van der Waals surface area contributed by atoms with E-state index in [1.54, 1.807) is 6.20 Å². The number of pyridine rings is 2. The number of aromatic nitrogens is 3.